The zero-order valence-electron chi connectivity index (χ0n) is 8.86. The first-order valence-corrected chi connectivity index (χ1v) is 4.66. The van der Waals surface area contributed by atoms with Gasteiger partial charge in [0.2, 0.25) is 11.8 Å². The molecule has 0 bridgehead atoms. The zero-order chi connectivity index (χ0) is 11.3. The average Bonchev–Trinajstić information content (AvgIpc) is 2.62. The number of amides is 1. The molecule has 1 aromatic rings. The van der Waals surface area contributed by atoms with Crippen molar-refractivity contribution in [3.05, 3.63) is 5.89 Å². The number of carbonyl (C=O) groups excluding carboxylic acids is 1. The largest absolute Gasteiger partial charge is 0.407 e. The van der Waals surface area contributed by atoms with E-state index < -0.39 is 5.91 Å². The number of nitrogens with two attached hydrogens (primary N) is 1. The standard InChI is InChI=1S/C8H15N5O2/c1-3-10-4-7-11-12-8(15-7)13(2)5-6(9)14/h10H,3-5H2,1-2H3,(H2,9,14). The summed E-state index contributed by atoms with van der Waals surface area (Å²) in [5.41, 5.74) is 5.03. The molecular weight excluding hydrogens is 198 g/mol. The van der Waals surface area contributed by atoms with Crippen molar-refractivity contribution < 1.29 is 9.21 Å². The van der Waals surface area contributed by atoms with Gasteiger partial charge >= 0.3 is 6.01 Å². The van der Waals surface area contributed by atoms with Gasteiger partial charge in [0, 0.05) is 7.05 Å². The Kier molecular flexibility index (Phi) is 4.04. The fraction of sp³-hybridized carbons (Fsp3) is 0.625. The highest BCUT2D eigenvalue weighted by atomic mass is 16.4. The van der Waals surface area contributed by atoms with E-state index in [0.717, 1.165) is 6.54 Å². The van der Waals surface area contributed by atoms with Gasteiger partial charge in [0.15, 0.2) is 0 Å². The minimum absolute atomic E-state index is 0.0584. The van der Waals surface area contributed by atoms with E-state index in [9.17, 15) is 4.79 Å². The van der Waals surface area contributed by atoms with E-state index in [1.807, 2.05) is 6.92 Å². The van der Waals surface area contributed by atoms with E-state index in [-0.39, 0.29) is 6.54 Å². The monoisotopic (exact) mass is 213 g/mol. The van der Waals surface area contributed by atoms with Crippen LogP contribution >= 0.6 is 0 Å². The second kappa shape index (κ2) is 5.30. The summed E-state index contributed by atoms with van der Waals surface area (Å²) in [6.45, 7) is 3.39. The maximum atomic E-state index is 10.6. The van der Waals surface area contributed by atoms with Crippen LogP contribution in [0.4, 0.5) is 6.01 Å². The average molecular weight is 213 g/mol. The summed E-state index contributed by atoms with van der Waals surface area (Å²) < 4.78 is 5.28. The molecule has 84 valence electrons. The molecule has 0 saturated carbocycles. The molecule has 0 radical (unpaired) electrons. The van der Waals surface area contributed by atoms with E-state index in [2.05, 4.69) is 15.5 Å². The first-order chi connectivity index (χ1) is 7.13. The lowest BCUT2D eigenvalue weighted by Gasteiger charge is -2.09. The number of likely N-dealkylation sites (N-methyl/N-ethyl adjacent to an activating group) is 1. The molecule has 0 aromatic carbocycles. The van der Waals surface area contributed by atoms with Crippen molar-refractivity contribution in [3.63, 3.8) is 0 Å². The van der Waals surface area contributed by atoms with Gasteiger partial charge in [-0.2, -0.15) is 0 Å². The van der Waals surface area contributed by atoms with Gasteiger partial charge in [-0.3, -0.25) is 4.79 Å². The molecule has 3 N–H and O–H groups in total. The van der Waals surface area contributed by atoms with Crippen molar-refractivity contribution in [1.82, 2.24) is 15.5 Å². The Morgan fingerprint density at radius 3 is 2.93 bits per heavy atom. The van der Waals surface area contributed by atoms with Crippen LogP contribution in [0.25, 0.3) is 0 Å². The molecule has 0 saturated heterocycles. The number of aromatic nitrogens is 2. The smallest absolute Gasteiger partial charge is 0.318 e. The molecule has 7 nitrogen and oxygen atoms in total. The van der Waals surface area contributed by atoms with Gasteiger partial charge in [-0.25, -0.2) is 0 Å². The number of hydrogen-bond donors (Lipinski definition) is 2. The topological polar surface area (TPSA) is 97.3 Å². The molecule has 1 aromatic heterocycles. The summed E-state index contributed by atoms with van der Waals surface area (Å²) in [7, 11) is 1.66. The first-order valence-electron chi connectivity index (χ1n) is 4.66. The Balaban J connectivity index is 2.54. The van der Waals surface area contributed by atoms with Crippen LogP contribution in [0.2, 0.25) is 0 Å². The van der Waals surface area contributed by atoms with Crippen LogP contribution < -0.4 is 16.0 Å². The molecule has 15 heavy (non-hydrogen) atoms. The Bertz CT molecular complexity index is 325. The second-order valence-corrected chi connectivity index (χ2v) is 3.08. The summed E-state index contributed by atoms with van der Waals surface area (Å²) in [6.07, 6.45) is 0. The number of carbonyl (C=O) groups is 1. The van der Waals surface area contributed by atoms with Crippen LogP contribution in [-0.2, 0) is 11.3 Å². The Labute approximate surface area is 87.6 Å². The Morgan fingerprint density at radius 2 is 2.33 bits per heavy atom. The summed E-state index contributed by atoms with van der Waals surface area (Å²) >= 11 is 0. The quantitative estimate of drug-likeness (QED) is 0.635. The molecule has 0 atom stereocenters. The van der Waals surface area contributed by atoms with Gasteiger partial charge in [0.25, 0.3) is 0 Å². The molecule has 1 amide bonds. The minimum atomic E-state index is -0.441. The van der Waals surface area contributed by atoms with Crippen molar-refractivity contribution in [1.29, 1.82) is 0 Å². The van der Waals surface area contributed by atoms with Gasteiger partial charge in [0.1, 0.15) is 6.54 Å². The Hall–Kier alpha value is -1.63. The Morgan fingerprint density at radius 1 is 1.60 bits per heavy atom. The maximum absolute atomic E-state index is 10.6. The lowest BCUT2D eigenvalue weighted by atomic mass is 10.5. The van der Waals surface area contributed by atoms with E-state index >= 15 is 0 Å². The van der Waals surface area contributed by atoms with E-state index in [4.69, 9.17) is 10.2 Å². The summed E-state index contributed by atoms with van der Waals surface area (Å²) in [6, 6.07) is 0.293. The van der Waals surface area contributed by atoms with Gasteiger partial charge < -0.3 is 20.4 Å². The second-order valence-electron chi connectivity index (χ2n) is 3.08. The highest BCUT2D eigenvalue weighted by Gasteiger charge is 2.11. The molecule has 7 heteroatoms. The van der Waals surface area contributed by atoms with Gasteiger partial charge in [-0.1, -0.05) is 12.0 Å². The van der Waals surface area contributed by atoms with Crippen molar-refractivity contribution in [3.8, 4) is 0 Å². The van der Waals surface area contributed by atoms with Crippen LogP contribution in [0.3, 0.4) is 0 Å². The molecule has 0 aliphatic carbocycles. The number of nitrogens with one attached hydrogen (secondary N) is 1. The fourth-order valence-corrected chi connectivity index (χ4v) is 1.00. The predicted molar refractivity (Wildman–Crippen MR) is 54.1 cm³/mol. The van der Waals surface area contributed by atoms with E-state index in [0.29, 0.717) is 18.5 Å². The number of rotatable bonds is 6. The molecule has 1 rings (SSSR count). The first kappa shape index (κ1) is 11.4. The molecule has 0 spiro atoms. The predicted octanol–water partition coefficient (Wildman–Crippen LogP) is -0.899. The lowest BCUT2D eigenvalue weighted by Crippen LogP contribution is -2.30. The lowest BCUT2D eigenvalue weighted by molar-refractivity contribution is -0.116. The van der Waals surface area contributed by atoms with Crippen molar-refractivity contribution >= 4 is 11.9 Å². The third-order valence-corrected chi connectivity index (χ3v) is 1.70. The SMILES string of the molecule is CCNCc1nnc(N(C)CC(N)=O)o1. The van der Waals surface area contributed by atoms with Gasteiger partial charge in [-0.05, 0) is 6.54 Å². The summed E-state index contributed by atoms with van der Waals surface area (Å²) in [5.74, 6) is 0.0482. The van der Waals surface area contributed by atoms with Crippen molar-refractivity contribution in [2.75, 3.05) is 25.0 Å². The summed E-state index contributed by atoms with van der Waals surface area (Å²) in [4.78, 5) is 12.1. The number of nitrogens with zero attached hydrogens (tertiary/aromatic N) is 3. The van der Waals surface area contributed by atoms with Crippen molar-refractivity contribution in [2.24, 2.45) is 5.73 Å². The van der Waals surface area contributed by atoms with E-state index in [1.165, 1.54) is 4.90 Å². The highest BCUT2D eigenvalue weighted by Crippen LogP contribution is 2.09. The van der Waals surface area contributed by atoms with E-state index in [1.54, 1.807) is 7.05 Å². The van der Waals surface area contributed by atoms with Crippen LogP contribution in [0.5, 0.6) is 0 Å². The van der Waals surface area contributed by atoms with Crippen LogP contribution in [0, 0.1) is 0 Å². The van der Waals surface area contributed by atoms with Crippen LogP contribution in [0.15, 0.2) is 4.42 Å². The fourth-order valence-electron chi connectivity index (χ4n) is 1.00. The molecule has 1 heterocycles. The highest BCUT2D eigenvalue weighted by molar-refractivity contribution is 5.78. The summed E-state index contributed by atoms with van der Waals surface area (Å²) in [5, 5.41) is 10.6. The maximum Gasteiger partial charge on any atom is 0.318 e. The molecule has 0 fully saturated rings. The molecule has 0 unspecified atom stereocenters. The molecule has 0 aliphatic heterocycles. The normalized spacial score (nSPS) is 10.3. The third-order valence-electron chi connectivity index (χ3n) is 1.70. The van der Waals surface area contributed by atoms with Gasteiger partial charge in [0.05, 0.1) is 6.54 Å². The minimum Gasteiger partial charge on any atom is -0.407 e. The van der Waals surface area contributed by atoms with Crippen LogP contribution in [0.1, 0.15) is 12.8 Å². The molecular formula is C8H15N5O2. The third kappa shape index (κ3) is 3.55. The van der Waals surface area contributed by atoms with Gasteiger partial charge in [-0.15, -0.1) is 5.10 Å². The van der Waals surface area contributed by atoms with Crippen molar-refractivity contribution in [2.45, 2.75) is 13.5 Å². The number of hydrogen-bond acceptors (Lipinski definition) is 6. The number of primary amides is 1. The zero-order valence-corrected chi connectivity index (χ0v) is 8.86. The molecule has 0 aliphatic rings. The number of anilines is 1. The van der Waals surface area contributed by atoms with Crippen LogP contribution in [-0.4, -0.2) is 36.2 Å².